The van der Waals surface area contributed by atoms with Crippen molar-refractivity contribution >= 4 is 17.4 Å². The topological polar surface area (TPSA) is 87.7 Å². The monoisotopic (exact) mass is 266 g/mol. The van der Waals surface area contributed by atoms with Crippen molar-refractivity contribution in [3.63, 3.8) is 0 Å². The molecule has 0 fully saturated rings. The number of rotatable bonds is 4. The lowest BCUT2D eigenvalue weighted by Crippen LogP contribution is -2.36. The van der Waals surface area contributed by atoms with Gasteiger partial charge < -0.3 is 4.90 Å². The van der Waals surface area contributed by atoms with Gasteiger partial charge in [0.15, 0.2) is 5.82 Å². The van der Waals surface area contributed by atoms with Crippen LogP contribution in [0, 0.1) is 6.92 Å². The molecule has 8 heteroatoms. The highest BCUT2D eigenvalue weighted by Crippen LogP contribution is 2.17. The molecule has 2 heterocycles. The van der Waals surface area contributed by atoms with Crippen LogP contribution in [0.4, 0.5) is 0 Å². The van der Waals surface area contributed by atoms with Gasteiger partial charge in [0.25, 0.3) is 5.91 Å². The SMILES string of the molecule is Cc1sncc1C(=O)N(Cc1nn[nH]n1)C(C)C. The van der Waals surface area contributed by atoms with Crippen LogP contribution in [0.1, 0.15) is 34.9 Å². The fourth-order valence-corrected chi connectivity index (χ4v) is 2.10. The van der Waals surface area contributed by atoms with E-state index in [1.165, 1.54) is 11.5 Å². The zero-order valence-electron chi connectivity index (χ0n) is 10.4. The molecule has 0 aliphatic carbocycles. The number of carbonyl (C=O) groups excluding carboxylic acids is 1. The number of tetrazole rings is 1. The molecule has 0 atom stereocenters. The Morgan fingerprint density at radius 1 is 1.56 bits per heavy atom. The second-order valence-corrected chi connectivity index (χ2v) is 5.16. The minimum absolute atomic E-state index is 0.0512. The predicted molar refractivity (Wildman–Crippen MR) is 66.0 cm³/mol. The molecule has 0 unspecified atom stereocenters. The maximum absolute atomic E-state index is 12.4. The summed E-state index contributed by atoms with van der Waals surface area (Å²) in [4.78, 5) is 15.0. The zero-order chi connectivity index (χ0) is 13.1. The summed E-state index contributed by atoms with van der Waals surface area (Å²) in [5, 5.41) is 13.6. The first kappa shape index (κ1) is 12.6. The third-order valence-corrected chi connectivity index (χ3v) is 3.27. The van der Waals surface area contributed by atoms with Crippen molar-refractivity contribution in [2.75, 3.05) is 0 Å². The number of aromatic amines is 1. The van der Waals surface area contributed by atoms with E-state index in [2.05, 4.69) is 25.0 Å². The summed E-state index contributed by atoms with van der Waals surface area (Å²) in [6, 6.07) is 0.0512. The second-order valence-electron chi connectivity index (χ2n) is 4.15. The molecule has 18 heavy (non-hydrogen) atoms. The van der Waals surface area contributed by atoms with E-state index in [0.29, 0.717) is 17.9 Å². The highest BCUT2D eigenvalue weighted by atomic mass is 32.1. The van der Waals surface area contributed by atoms with Gasteiger partial charge in [-0.2, -0.15) is 5.21 Å². The smallest absolute Gasteiger partial charge is 0.257 e. The van der Waals surface area contributed by atoms with Crippen molar-refractivity contribution in [1.29, 1.82) is 0 Å². The van der Waals surface area contributed by atoms with Gasteiger partial charge in [-0.3, -0.25) is 4.79 Å². The molecule has 1 amide bonds. The lowest BCUT2D eigenvalue weighted by molar-refractivity contribution is 0.0684. The molecule has 7 nitrogen and oxygen atoms in total. The van der Waals surface area contributed by atoms with Crippen LogP contribution in [0.15, 0.2) is 6.20 Å². The highest BCUT2D eigenvalue weighted by Gasteiger charge is 2.23. The predicted octanol–water partition coefficient (Wildman–Crippen LogP) is 1.02. The van der Waals surface area contributed by atoms with E-state index >= 15 is 0 Å². The van der Waals surface area contributed by atoms with Gasteiger partial charge in [-0.05, 0) is 32.3 Å². The summed E-state index contributed by atoms with van der Waals surface area (Å²) in [6.07, 6.45) is 1.61. The van der Waals surface area contributed by atoms with Gasteiger partial charge in [-0.15, -0.1) is 10.2 Å². The molecule has 96 valence electrons. The molecule has 2 aromatic rings. The molecular formula is C10H14N6OS. The van der Waals surface area contributed by atoms with Crippen LogP contribution in [0.2, 0.25) is 0 Å². The number of aryl methyl sites for hydroxylation is 1. The first-order chi connectivity index (χ1) is 8.59. The summed E-state index contributed by atoms with van der Waals surface area (Å²) in [5.74, 6) is 0.443. The van der Waals surface area contributed by atoms with Crippen molar-refractivity contribution in [2.45, 2.75) is 33.4 Å². The van der Waals surface area contributed by atoms with E-state index in [1.807, 2.05) is 20.8 Å². The van der Waals surface area contributed by atoms with Gasteiger partial charge in [0.2, 0.25) is 0 Å². The zero-order valence-corrected chi connectivity index (χ0v) is 11.2. The Morgan fingerprint density at radius 2 is 2.33 bits per heavy atom. The molecule has 2 rings (SSSR count). The Balaban J connectivity index is 2.20. The van der Waals surface area contributed by atoms with E-state index in [0.717, 1.165) is 4.88 Å². The fraction of sp³-hybridized carbons (Fsp3) is 0.500. The lowest BCUT2D eigenvalue weighted by Gasteiger charge is -2.25. The summed E-state index contributed by atoms with van der Waals surface area (Å²) in [7, 11) is 0. The van der Waals surface area contributed by atoms with Gasteiger partial charge in [0, 0.05) is 10.9 Å². The third-order valence-electron chi connectivity index (χ3n) is 2.57. The Kier molecular flexibility index (Phi) is 3.66. The van der Waals surface area contributed by atoms with E-state index in [1.54, 1.807) is 11.1 Å². The van der Waals surface area contributed by atoms with Crippen LogP contribution < -0.4 is 0 Å². The van der Waals surface area contributed by atoms with Crippen LogP contribution in [0.5, 0.6) is 0 Å². The number of H-pyrrole nitrogens is 1. The number of hydrogen-bond donors (Lipinski definition) is 1. The molecule has 0 saturated carbocycles. The maximum Gasteiger partial charge on any atom is 0.257 e. The summed E-state index contributed by atoms with van der Waals surface area (Å²) in [5.41, 5.74) is 0.636. The standard InChI is InChI=1S/C10H14N6OS/c1-6(2)16(5-9-12-14-15-13-9)10(17)8-4-11-18-7(8)3/h4,6H,5H2,1-3H3,(H,12,13,14,15). The van der Waals surface area contributed by atoms with Crippen molar-refractivity contribution in [1.82, 2.24) is 29.9 Å². The summed E-state index contributed by atoms with van der Waals surface area (Å²) in [6.45, 7) is 6.13. The molecule has 0 aliphatic rings. The van der Waals surface area contributed by atoms with Crippen molar-refractivity contribution in [2.24, 2.45) is 0 Å². The van der Waals surface area contributed by atoms with Gasteiger partial charge in [0.1, 0.15) is 0 Å². The molecule has 2 aromatic heterocycles. The van der Waals surface area contributed by atoms with Crippen molar-refractivity contribution < 1.29 is 4.79 Å². The van der Waals surface area contributed by atoms with Gasteiger partial charge in [0.05, 0.1) is 18.3 Å². The van der Waals surface area contributed by atoms with Crippen LogP contribution in [-0.2, 0) is 6.54 Å². The fourth-order valence-electron chi connectivity index (χ4n) is 1.55. The number of carbonyl (C=O) groups is 1. The summed E-state index contributed by atoms with van der Waals surface area (Å²) < 4.78 is 4.03. The molecule has 0 saturated heterocycles. The first-order valence-electron chi connectivity index (χ1n) is 5.54. The largest absolute Gasteiger partial charge is 0.328 e. The summed E-state index contributed by atoms with van der Waals surface area (Å²) >= 11 is 1.32. The minimum Gasteiger partial charge on any atom is -0.328 e. The normalized spacial score (nSPS) is 10.9. The Labute approximate surface area is 108 Å². The van der Waals surface area contributed by atoms with Crippen LogP contribution >= 0.6 is 11.5 Å². The number of nitrogens with one attached hydrogen (secondary N) is 1. The quantitative estimate of drug-likeness (QED) is 0.892. The van der Waals surface area contributed by atoms with E-state index in [9.17, 15) is 4.79 Å². The van der Waals surface area contributed by atoms with Gasteiger partial charge >= 0.3 is 0 Å². The maximum atomic E-state index is 12.4. The van der Waals surface area contributed by atoms with Crippen molar-refractivity contribution in [3.05, 3.63) is 22.5 Å². The lowest BCUT2D eigenvalue weighted by atomic mass is 10.2. The molecule has 0 bridgehead atoms. The van der Waals surface area contributed by atoms with Crippen LogP contribution in [0.25, 0.3) is 0 Å². The number of nitrogens with zero attached hydrogens (tertiary/aromatic N) is 5. The van der Waals surface area contributed by atoms with Crippen LogP contribution in [0.3, 0.4) is 0 Å². The number of aromatic nitrogens is 5. The minimum atomic E-state index is -0.0546. The molecule has 0 radical (unpaired) electrons. The average Bonchev–Trinajstić information content (AvgIpc) is 2.95. The van der Waals surface area contributed by atoms with Gasteiger partial charge in [-0.1, -0.05) is 5.21 Å². The Hall–Kier alpha value is -1.83. The molecule has 1 N–H and O–H groups in total. The van der Waals surface area contributed by atoms with E-state index in [-0.39, 0.29) is 11.9 Å². The second kappa shape index (κ2) is 5.21. The highest BCUT2D eigenvalue weighted by molar-refractivity contribution is 7.06. The first-order valence-corrected chi connectivity index (χ1v) is 6.31. The van der Waals surface area contributed by atoms with E-state index < -0.39 is 0 Å². The Bertz CT molecular complexity index is 520. The third kappa shape index (κ3) is 2.53. The van der Waals surface area contributed by atoms with Crippen molar-refractivity contribution in [3.8, 4) is 0 Å². The Morgan fingerprint density at radius 3 is 2.83 bits per heavy atom. The van der Waals surface area contributed by atoms with Crippen LogP contribution in [-0.4, -0.2) is 41.8 Å². The number of hydrogen-bond acceptors (Lipinski definition) is 6. The average molecular weight is 266 g/mol. The molecule has 0 aliphatic heterocycles. The van der Waals surface area contributed by atoms with Gasteiger partial charge in [-0.25, -0.2) is 4.37 Å². The molecule has 0 aromatic carbocycles. The molecule has 0 spiro atoms. The van der Waals surface area contributed by atoms with E-state index in [4.69, 9.17) is 0 Å². The number of amides is 1. The molecular weight excluding hydrogens is 252 g/mol.